The summed E-state index contributed by atoms with van der Waals surface area (Å²) in [6, 6.07) is 5.16. The number of methoxy groups -OCH3 is 1. The summed E-state index contributed by atoms with van der Waals surface area (Å²) < 4.78 is 18.9. The zero-order valence-corrected chi connectivity index (χ0v) is 11.0. The van der Waals surface area contributed by atoms with Gasteiger partial charge in [0.05, 0.1) is 13.2 Å². The van der Waals surface area contributed by atoms with E-state index >= 15 is 0 Å². The zero-order valence-electron chi connectivity index (χ0n) is 11.0. The van der Waals surface area contributed by atoms with Crippen LogP contribution in [0, 0.1) is 11.2 Å². The second kappa shape index (κ2) is 5.50. The van der Waals surface area contributed by atoms with E-state index in [1.54, 1.807) is 25.1 Å². The highest BCUT2D eigenvalue weighted by Gasteiger charge is 2.23. The highest BCUT2D eigenvalue weighted by molar-refractivity contribution is 5.31. The molecule has 1 unspecified atom stereocenters. The van der Waals surface area contributed by atoms with Crippen molar-refractivity contribution in [3.05, 3.63) is 29.6 Å². The lowest BCUT2D eigenvalue weighted by Crippen LogP contribution is -2.21. The molecular weight excluding hydrogens is 219 g/mol. The Labute approximate surface area is 102 Å². The van der Waals surface area contributed by atoms with Gasteiger partial charge in [0.2, 0.25) is 0 Å². The van der Waals surface area contributed by atoms with Gasteiger partial charge in [-0.25, -0.2) is 4.39 Å². The lowest BCUT2D eigenvalue weighted by atomic mass is 9.81. The van der Waals surface area contributed by atoms with E-state index in [9.17, 15) is 9.50 Å². The summed E-state index contributed by atoms with van der Waals surface area (Å²) in [5.41, 5.74) is 0.497. The average molecular weight is 240 g/mol. The summed E-state index contributed by atoms with van der Waals surface area (Å²) in [6.45, 7) is 5.81. The van der Waals surface area contributed by atoms with Gasteiger partial charge < -0.3 is 9.84 Å². The molecule has 0 aromatic heterocycles. The van der Waals surface area contributed by atoms with Crippen molar-refractivity contribution in [2.24, 2.45) is 5.41 Å². The van der Waals surface area contributed by atoms with E-state index in [0.717, 1.165) is 0 Å². The minimum Gasteiger partial charge on any atom is -0.494 e. The van der Waals surface area contributed by atoms with Crippen LogP contribution in [0.15, 0.2) is 18.2 Å². The maximum Gasteiger partial charge on any atom is 0.168 e. The zero-order chi connectivity index (χ0) is 13.1. The summed E-state index contributed by atoms with van der Waals surface area (Å²) in [5.74, 6) is -0.0241. The predicted octanol–water partition coefficient (Wildman–Crippen LogP) is 3.17. The summed E-state index contributed by atoms with van der Waals surface area (Å²) in [5, 5.41) is 9.42. The number of ether oxygens (including phenoxy) is 1. The van der Waals surface area contributed by atoms with Crippen molar-refractivity contribution in [1.29, 1.82) is 0 Å². The molecule has 0 radical (unpaired) electrons. The second-order valence-electron chi connectivity index (χ2n) is 5.33. The molecule has 0 aliphatic heterocycles. The fourth-order valence-electron chi connectivity index (χ4n) is 2.24. The van der Waals surface area contributed by atoms with Crippen molar-refractivity contribution < 1.29 is 14.2 Å². The van der Waals surface area contributed by atoms with E-state index < -0.39 is 0 Å². The van der Waals surface area contributed by atoms with Crippen LogP contribution >= 0.6 is 0 Å². The molecule has 3 heteroatoms. The Morgan fingerprint density at radius 2 is 2.06 bits per heavy atom. The molecule has 17 heavy (non-hydrogen) atoms. The molecule has 0 fully saturated rings. The first-order valence-electron chi connectivity index (χ1n) is 5.85. The minimum atomic E-state index is -0.376. The normalized spacial score (nSPS) is 13.5. The maximum absolute atomic E-state index is 14.0. The smallest absolute Gasteiger partial charge is 0.168 e. The third-order valence-electron chi connectivity index (χ3n) is 2.78. The topological polar surface area (TPSA) is 29.5 Å². The van der Waals surface area contributed by atoms with Crippen molar-refractivity contribution >= 4 is 0 Å². The maximum atomic E-state index is 14.0. The van der Waals surface area contributed by atoms with E-state index in [1.165, 1.54) is 7.11 Å². The van der Waals surface area contributed by atoms with E-state index in [0.29, 0.717) is 18.4 Å². The number of hydrogen-bond donors (Lipinski definition) is 1. The summed E-state index contributed by atoms with van der Waals surface area (Å²) in [4.78, 5) is 0. The number of halogens is 1. The third-order valence-corrected chi connectivity index (χ3v) is 2.78. The Kier molecular flexibility index (Phi) is 4.52. The first kappa shape index (κ1) is 14.0. The number of benzene rings is 1. The molecule has 0 heterocycles. The van der Waals surface area contributed by atoms with Crippen LogP contribution in [0.1, 0.15) is 32.8 Å². The second-order valence-corrected chi connectivity index (χ2v) is 5.33. The molecule has 1 aromatic rings. The molecule has 1 N–H and O–H groups in total. The summed E-state index contributed by atoms with van der Waals surface area (Å²) in [6.07, 6.45) is 0.851. The summed E-state index contributed by atoms with van der Waals surface area (Å²) in [7, 11) is 1.46. The Hall–Kier alpha value is -1.09. The number of rotatable bonds is 5. The van der Waals surface area contributed by atoms with Gasteiger partial charge in [-0.2, -0.15) is 0 Å². The Bertz CT molecular complexity index is 372. The number of hydrogen-bond acceptors (Lipinski definition) is 2. The van der Waals surface area contributed by atoms with Gasteiger partial charge in [-0.15, -0.1) is 0 Å². The predicted molar refractivity (Wildman–Crippen MR) is 66.7 cm³/mol. The summed E-state index contributed by atoms with van der Waals surface area (Å²) >= 11 is 0. The fourth-order valence-corrected chi connectivity index (χ4v) is 2.24. The van der Waals surface area contributed by atoms with E-state index in [2.05, 4.69) is 0 Å². The molecule has 0 saturated heterocycles. The van der Waals surface area contributed by atoms with Gasteiger partial charge in [0, 0.05) is 0 Å². The van der Waals surface area contributed by atoms with Crippen molar-refractivity contribution in [1.82, 2.24) is 0 Å². The average Bonchev–Trinajstić information content (AvgIpc) is 2.19. The van der Waals surface area contributed by atoms with Gasteiger partial charge in [-0.1, -0.05) is 26.0 Å². The van der Waals surface area contributed by atoms with Crippen LogP contribution in [-0.2, 0) is 6.42 Å². The Morgan fingerprint density at radius 3 is 2.59 bits per heavy atom. The van der Waals surface area contributed by atoms with Crippen molar-refractivity contribution in [3.63, 3.8) is 0 Å². The fraction of sp³-hybridized carbons (Fsp3) is 0.571. The van der Waals surface area contributed by atoms with Crippen LogP contribution in [0.25, 0.3) is 0 Å². The molecule has 0 bridgehead atoms. The van der Waals surface area contributed by atoms with E-state index in [4.69, 9.17) is 4.74 Å². The molecule has 1 rings (SSSR count). The third kappa shape index (κ3) is 4.00. The highest BCUT2D eigenvalue weighted by Crippen LogP contribution is 2.30. The van der Waals surface area contributed by atoms with Gasteiger partial charge in [0.25, 0.3) is 0 Å². The molecule has 0 amide bonds. The van der Waals surface area contributed by atoms with Crippen LogP contribution in [-0.4, -0.2) is 18.3 Å². The Balaban J connectivity index is 2.88. The molecule has 0 aliphatic carbocycles. The SMILES string of the molecule is COc1cccc(CC(C)(C)CC(C)O)c1F. The van der Waals surface area contributed by atoms with Crippen LogP contribution in [0.4, 0.5) is 4.39 Å². The molecule has 1 aromatic carbocycles. The van der Waals surface area contributed by atoms with Crippen molar-refractivity contribution in [2.45, 2.75) is 39.7 Å². The number of aliphatic hydroxyl groups is 1. The van der Waals surface area contributed by atoms with Gasteiger partial charge >= 0.3 is 0 Å². The molecule has 96 valence electrons. The molecule has 0 saturated carbocycles. The number of aliphatic hydroxyl groups excluding tert-OH is 1. The van der Waals surface area contributed by atoms with Gasteiger partial charge in [-0.3, -0.25) is 0 Å². The minimum absolute atomic E-state index is 0.138. The lowest BCUT2D eigenvalue weighted by Gasteiger charge is -2.26. The monoisotopic (exact) mass is 240 g/mol. The van der Waals surface area contributed by atoms with E-state index in [1.807, 2.05) is 13.8 Å². The quantitative estimate of drug-likeness (QED) is 0.856. The largest absolute Gasteiger partial charge is 0.494 e. The molecular formula is C14H21FO2. The van der Waals surface area contributed by atoms with Crippen LogP contribution in [0.5, 0.6) is 5.75 Å². The molecule has 2 nitrogen and oxygen atoms in total. The van der Waals surface area contributed by atoms with Crippen molar-refractivity contribution in [2.75, 3.05) is 7.11 Å². The van der Waals surface area contributed by atoms with Crippen LogP contribution < -0.4 is 4.74 Å². The Morgan fingerprint density at radius 1 is 1.41 bits per heavy atom. The van der Waals surface area contributed by atoms with Crippen LogP contribution in [0.3, 0.4) is 0 Å². The van der Waals surface area contributed by atoms with Gasteiger partial charge in [-0.05, 0) is 36.8 Å². The molecule has 0 spiro atoms. The standard InChI is InChI=1S/C14H21FO2/c1-10(16)8-14(2,3)9-11-6-5-7-12(17-4)13(11)15/h5-7,10,16H,8-9H2,1-4H3. The van der Waals surface area contributed by atoms with Crippen molar-refractivity contribution in [3.8, 4) is 5.75 Å². The lowest BCUT2D eigenvalue weighted by molar-refractivity contribution is 0.129. The van der Waals surface area contributed by atoms with Crippen LogP contribution in [0.2, 0.25) is 0 Å². The van der Waals surface area contributed by atoms with Gasteiger partial charge in [0.15, 0.2) is 11.6 Å². The van der Waals surface area contributed by atoms with E-state index in [-0.39, 0.29) is 23.1 Å². The highest BCUT2D eigenvalue weighted by atomic mass is 19.1. The molecule has 0 aliphatic rings. The molecule has 1 atom stereocenters. The van der Waals surface area contributed by atoms with Gasteiger partial charge in [0.1, 0.15) is 0 Å². The first-order chi connectivity index (χ1) is 7.85. The first-order valence-corrected chi connectivity index (χ1v) is 5.85.